The average molecular weight is 539 g/mol. The van der Waals surface area contributed by atoms with Crippen molar-refractivity contribution in [1.29, 1.82) is 0 Å². The predicted octanol–water partition coefficient (Wildman–Crippen LogP) is 4.78. The van der Waals surface area contributed by atoms with Gasteiger partial charge in [-0.25, -0.2) is 4.79 Å². The number of nitrogens with one attached hydrogen (secondary N) is 2. The second-order valence-corrected chi connectivity index (χ2v) is 8.87. The molecule has 3 aromatic carbocycles. The number of alkyl carbamates (subject to hydrolysis) is 1. The topological polar surface area (TPSA) is 114 Å². The monoisotopic (exact) mass is 538 g/mol. The fourth-order valence-electron chi connectivity index (χ4n) is 4.16. The Morgan fingerprint density at radius 1 is 1.00 bits per heavy atom. The molecule has 0 spiro atoms. The quantitative estimate of drug-likeness (QED) is 0.380. The van der Waals surface area contributed by atoms with Crippen molar-refractivity contribution < 1.29 is 29.0 Å². The van der Waals surface area contributed by atoms with Crippen LogP contribution in [0.15, 0.2) is 71.2 Å². The zero-order valence-electron chi connectivity index (χ0n) is 18.8. The van der Waals surface area contributed by atoms with Gasteiger partial charge >= 0.3 is 12.1 Å². The van der Waals surface area contributed by atoms with Gasteiger partial charge in [0.25, 0.3) is 0 Å². The molecule has 0 aliphatic heterocycles. The largest absolute Gasteiger partial charge is 0.495 e. The molecule has 1 atom stereocenters. The lowest BCUT2D eigenvalue weighted by Gasteiger charge is -2.19. The molecule has 180 valence electrons. The number of fused-ring (bicyclic) bond motifs is 3. The van der Waals surface area contributed by atoms with E-state index in [1.807, 2.05) is 48.5 Å². The van der Waals surface area contributed by atoms with Gasteiger partial charge < -0.3 is 25.2 Å². The number of ether oxygens (including phenoxy) is 2. The third-order valence-corrected chi connectivity index (χ3v) is 6.24. The van der Waals surface area contributed by atoms with E-state index in [9.17, 15) is 19.5 Å². The molecule has 2 amide bonds. The Morgan fingerprint density at radius 3 is 2.23 bits per heavy atom. The SMILES string of the molecule is COc1ccc(Br)cc1NC(=O)C(CC(=O)O)NC(=O)OCC1c2ccccc2-c2ccccc21. The molecule has 9 heteroatoms. The summed E-state index contributed by atoms with van der Waals surface area (Å²) in [4.78, 5) is 36.8. The number of anilines is 1. The van der Waals surface area contributed by atoms with Gasteiger partial charge in [0.1, 0.15) is 18.4 Å². The number of aliphatic carboxylic acids is 1. The molecule has 0 radical (unpaired) electrons. The number of carboxylic acids is 1. The highest BCUT2D eigenvalue weighted by molar-refractivity contribution is 9.10. The normalized spacial score (nSPS) is 12.7. The number of carbonyl (C=O) groups excluding carboxylic acids is 2. The van der Waals surface area contributed by atoms with Crippen molar-refractivity contribution in [3.8, 4) is 16.9 Å². The Bertz CT molecular complexity index is 1230. The van der Waals surface area contributed by atoms with E-state index < -0.39 is 30.4 Å². The van der Waals surface area contributed by atoms with Gasteiger partial charge in [0.05, 0.1) is 19.2 Å². The molecule has 1 aliphatic rings. The predicted molar refractivity (Wildman–Crippen MR) is 134 cm³/mol. The molecular weight excluding hydrogens is 516 g/mol. The number of methoxy groups -OCH3 is 1. The van der Waals surface area contributed by atoms with Crippen molar-refractivity contribution in [2.75, 3.05) is 19.0 Å². The number of rotatable bonds is 8. The minimum Gasteiger partial charge on any atom is -0.495 e. The lowest BCUT2D eigenvalue weighted by molar-refractivity contribution is -0.139. The van der Waals surface area contributed by atoms with E-state index in [0.717, 1.165) is 22.3 Å². The second-order valence-electron chi connectivity index (χ2n) is 7.95. The zero-order chi connectivity index (χ0) is 24.9. The summed E-state index contributed by atoms with van der Waals surface area (Å²) in [7, 11) is 1.45. The first-order chi connectivity index (χ1) is 16.9. The minimum absolute atomic E-state index is 0.0424. The first kappa shape index (κ1) is 24.3. The Morgan fingerprint density at radius 2 is 1.63 bits per heavy atom. The molecule has 0 bridgehead atoms. The van der Waals surface area contributed by atoms with E-state index in [0.29, 0.717) is 15.9 Å². The molecule has 4 rings (SSSR count). The molecular formula is C26H23BrN2O6. The first-order valence-electron chi connectivity index (χ1n) is 10.8. The Hall–Kier alpha value is -3.85. The van der Waals surface area contributed by atoms with Crippen molar-refractivity contribution >= 4 is 39.6 Å². The maximum atomic E-state index is 12.8. The summed E-state index contributed by atoms with van der Waals surface area (Å²) in [6, 6.07) is 19.5. The summed E-state index contributed by atoms with van der Waals surface area (Å²) >= 11 is 3.32. The first-order valence-corrected chi connectivity index (χ1v) is 11.6. The Labute approximate surface area is 210 Å². The second kappa shape index (κ2) is 10.6. The maximum Gasteiger partial charge on any atom is 0.407 e. The fourth-order valence-corrected chi connectivity index (χ4v) is 4.53. The van der Waals surface area contributed by atoms with Crippen LogP contribution in [0, 0.1) is 0 Å². The summed E-state index contributed by atoms with van der Waals surface area (Å²) in [5.74, 6) is -1.73. The Kier molecular flexibility index (Phi) is 7.36. The lowest BCUT2D eigenvalue weighted by Crippen LogP contribution is -2.45. The van der Waals surface area contributed by atoms with E-state index in [1.165, 1.54) is 7.11 Å². The summed E-state index contributed by atoms with van der Waals surface area (Å²) in [6.45, 7) is 0.0424. The van der Waals surface area contributed by atoms with Gasteiger partial charge in [-0.05, 0) is 40.5 Å². The summed E-state index contributed by atoms with van der Waals surface area (Å²) in [5.41, 5.74) is 4.59. The number of hydrogen-bond donors (Lipinski definition) is 3. The van der Waals surface area contributed by atoms with Gasteiger partial charge in [0.15, 0.2) is 0 Å². The van der Waals surface area contributed by atoms with Crippen molar-refractivity contribution in [2.45, 2.75) is 18.4 Å². The molecule has 1 unspecified atom stereocenters. The van der Waals surface area contributed by atoms with Gasteiger partial charge in [-0.15, -0.1) is 0 Å². The van der Waals surface area contributed by atoms with Crippen LogP contribution in [0.2, 0.25) is 0 Å². The van der Waals surface area contributed by atoms with Crippen molar-refractivity contribution in [3.63, 3.8) is 0 Å². The third kappa shape index (κ3) is 5.46. The molecule has 0 fully saturated rings. The highest BCUT2D eigenvalue weighted by Gasteiger charge is 2.30. The van der Waals surface area contributed by atoms with Crippen LogP contribution in [-0.2, 0) is 14.3 Å². The van der Waals surface area contributed by atoms with E-state index in [2.05, 4.69) is 26.6 Å². The van der Waals surface area contributed by atoms with Crippen LogP contribution >= 0.6 is 15.9 Å². The number of carbonyl (C=O) groups is 3. The maximum absolute atomic E-state index is 12.8. The molecule has 0 aromatic heterocycles. The van der Waals surface area contributed by atoms with Crippen molar-refractivity contribution in [3.05, 3.63) is 82.3 Å². The van der Waals surface area contributed by atoms with Crippen LogP contribution in [0.3, 0.4) is 0 Å². The third-order valence-electron chi connectivity index (χ3n) is 5.75. The fraction of sp³-hybridized carbons (Fsp3) is 0.192. The van der Waals surface area contributed by atoms with Gasteiger partial charge in [0, 0.05) is 10.4 Å². The van der Waals surface area contributed by atoms with Crippen LogP contribution in [-0.4, -0.2) is 42.8 Å². The molecule has 3 aromatic rings. The number of amides is 2. The van der Waals surface area contributed by atoms with Crippen LogP contribution < -0.4 is 15.4 Å². The van der Waals surface area contributed by atoms with E-state index >= 15 is 0 Å². The van der Waals surface area contributed by atoms with E-state index in [1.54, 1.807) is 18.2 Å². The van der Waals surface area contributed by atoms with Gasteiger partial charge in [-0.2, -0.15) is 0 Å². The smallest absolute Gasteiger partial charge is 0.407 e. The van der Waals surface area contributed by atoms with Crippen molar-refractivity contribution in [1.82, 2.24) is 5.32 Å². The van der Waals surface area contributed by atoms with Gasteiger partial charge in [-0.3, -0.25) is 9.59 Å². The van der Waals surface area contributed by atoms with Crippen LogP contribution in [0.25, 0.3) is 11.1 Å². The van der Waals surface area contributed by atoms with Crippen molar-refractivity contribution in [2.24, 2.45) is 0 Å². The van der Waals surface area contributed by atoms with Crippen LogP contribution in [0.1, 0.15) is 23.5 Å². The molecule has 35 heavy (non-hydrogen) atoms. The Balaban J connectivity index is 1.45. The molecule has 0 saturated carbocycles. The number of benzene rings is 3. The van der Waals surface area contributed by atoms with Crippen LogP contribution in [0.5, 0.6) is 5.75 Å². The highest BCUT2D eigenvalue weighted by Crippen LogP contribution is 2.44. The summed E-state index contributed by atoms with van der Waals surface area (Å²) in [6.07, 6.45) is -1.50. The summed E-state index contributed by atoms with van der Waals surface area (Å²) in [5, 5.41) is 14.3. The molecule has 0 heterocycles. The molecule has 0 saturated heterocycles. The van der Waals surface area contributed by atoms with Crippen LogP contribution in [0.4, 0.5) is 10.5 Å². The molecule has 3 N–H and O–H groups in total. The minimum atomic E-state index is -1.35. The number of halogens is 1. The number of carboxylic acid groups (broad SMARTS) is 1. The standard InChI is InChI=1S/C26H23BrN2O6/c1-34-23-11-10-15(27)12-21(23)28-25(32)22(13-24(30)31)29-26(33)35-14-20-18-8-4-2-6-16(18)17-7-3-5-9-19(17)20/h2-12,20,22H,13-14H2,1H3,(H,28,32)(H,29,33)(H,30,31). The number of hydrogen-bond acceptors (Lipinski definition) is 5. The van der Waals surface area contributed by atoms with E-state index in [4.69, 9.17) is 9.47 Å². The highest BCUT2D eigenvalue weighted by atomic mass is 79.9. The average Bonchev–Trinajstić information content (AvgIpc) is 3.16. The van der Waals surface area contributed by atoms with Gasteiger partial charge in [0.2, 0.25) is 5.91 Å². The van der Waals surface area contributed by atoms with E-state index in [-0.39, 0.29) is 12.5 Å². The molecule has 8 nitrogen and oxygen atoms in total. The lowest BCUT2D eigenvalue weighted by atomic mass is 9.98. The zero-order valence-corrected chi connectivity index (χ0v) is 20.4. The molecule has 1 aliphatic carbocycles. The van der Waals surface area contributed by atoms with Gasteiger partial charge in [-0.1, -0.05) is 64.5 Å². The summed E-state index contributed by atoms with van der Waals surface area (Å²) < 4.78 is 11.4.